The van der Waals surface area contributed by atoms with Gasteiger partial charge in [-0.3, -0.25) is 0 Å². The summed E-state index contributed by atoms with van der Waals surface area (Å²) in [6.45, 7) is 3.42. The molecular formula is C17H21ClN2. The van der Waals surface area contributed by atoms with Crippen molar-refractivity contribution in [2.45, 2.75) is 44.5 Å². The molecule has 1 aliphatic heterocycles. The van der Waals surface area contributed by atoms with Crippen LogP contribution in [0.5, 0.6) is 0 Å². The third-order valence-corrected chi connectivity index (χ3v) is 4.51. The van der Waals surface area contributed by atoms with Crippen LogP contribution < -0.4 is 4.90 Å². The Labute approximate surface area is 125 Å². The van der Waals surface area contributed by atoms with E-state index in [0.717, 1.165) is 18.1 Å². The number of nitrogens with zero attached hydrogens (tertiary/aromatic N) is 2. The highest BCUT2D eigenvalue weighted by Crippen LogP contribution is 2.30. The lowest BCUT2D eigenvalue weighted by Crippen LogP contribution is -2.33. The maximum atomic E-state index is 6.03. The summed E-state index contributed by atoms with van der Waals surface area (Å²) in [6, 6.07) is 11.2. The van der Waals surface area contributed by atoms with Gasteiger partial charge in [0.05, 0.1) is 11.6 Å². The second kappa shape index (κ2) is 6.01. The number of benzene rings is 1. The number of rotatable bonds is 2. The second-order valence-electron chi connectivity index (χ2n) is 5.68. The highest BCUT2D eigenvalue weighted by atomic mass is 35.5. The predicted octanol–water partition coefficient (Wildman–Crippen LogP) is 4.74. The van der Waals surface area contributed by atoms with Crippen LogP contribution >= 0.6 is 11.6 Å². The number of hydrogen-bond donors (Lipinski definition) is 0. The van der Waals surface area contributed by atoms with Crippen LogP contribution in [0.3, 0.4) is 0 Å². The molecule has 0 aliphatic carbocycles. The van der Waals surface area contributed by atoms with Gasteiger partial charge in [-0.2, -0.15) is 0 Å². The Hall–Kier alpha value is -1.28. The Morgan fingerprint density at radius 1 is 1.25 bits per heavy atom. The molecule has 2 aromatic rings. The van der Waals surface area contributed by atoms with E-state index in [9.17, 15) is 0 Å². The van der Waals surface area contributed by atoms with Crippen molar-refractivity contribution in [3.63, 3.8) is 0 Å². The van der Waals surface area contributed by atoms with E-state index in [4.69, 9.17) is 16.6 Å². The van der Waals surface area contributed by atoms with E-state index in [0.29, 0.717) is 11.9 Å². The molecule has 3 heteroatoms. The van der Waals surface area contributed by atoms with E-state index in [2.05, 4.69) is 42.2 Å². The van der Waals surface area contributed by atoms with Gasteiger partial charge in [0.1, 0.15) is 5.82 Å². The van der Waals surface area contributed by atoms with Gasteiger partial charge in [0.2, 0.25) is 0 Å². The summed E-state index contributed by atoms with van der Waals surface area (Å²) in [5, 5.41) is 2.49. The summed E-state index contributed by atoms with van der Waals surface area (Å²) in [4.78, 5) is 7.31. The zero-order valence-corrected chi connectivity index (χ0v) is 12.7. The van der Waals surface area contributed by atoms with E-state index in [1.165, 1.54) is 36.5 Å². The normalized spacial score (nSPS) is 20.1. The Balaban J connectivity index is 2.12. The van der Waals surface area contributed by atoms with Crippen molar-refractivity contribution in [2.75, 3.05) is 11.4 Å². The van der Waals surface area contributed by atoms with Crippen LogP contribution in [-0.2, 0) is 5.88 Å². The molecule has 1 aliphatic rings. The maximum Gasteiger partial charge on any atom is 0.137 e. The van der Waals surface area contributed by atoms with Crippen LogP contribution in [-0.4, -0.2) is 17.6 Å². The molecule has 20 heavy (non-hydrogen) atoms. The molecule has 2 heterocycles. The highest BCUT2D eigenvalue weighted by Gasteiger charge is 2.20. The monoisotopic (exact) mass is 288 g/mol. The van der Waals surface area contributed by atoms with E-state index < -0.39 is 0 Å². The number of hydrogen-bond acceptors (Lipinski definition) is 2. The Morgan fingerprint density at radius 2 is 2.10 bits per heavy atom. The van der Waals surface area contributed by atoms with Crippen LogP contribution in [0.2, 0.25) is 0 Å². The first-order valence-corrected chi connectivity index (χ1v) is 8.04. The van der Waals surface area contributed by atoms with Crippen molar-refractivity contribution in [3.05, 3.63) is 36.0 Å². The number of fused-ring (bicyclic) bond motifs is 1. The van der Waals surface area contributed by atoms with Crippen molar-refractivity contribution in [2.24, 2.45) is 0 Å². The average molecular weight is 289 g/mol. The molecule has 2 nitrogen and oxygen atoms in total. The first-order chi connectivity index (χ1) is 9.79. The minimum Gasteiger partial charge on any atom is -0.353 e. The van der Waals surface area contributed by atoms with Crippen LogP contribution in [0.1, 0.15) is 38.3 Å². The fourth-order valence-electron chi connectivity index (χ4n) is 3.11. The molecule has 0 radical (unpaired) electrons. The number of pyridine rings is 1. The predicted molar refractivity (Wildman–Crippen MR) is 86.6 cm³/mol. The third-order valence-electron chi connectivity index (χ3n) is 4.24. The molecule has 0 N–H and O–H groups in total. The highest BCUT2D eigenvalue weighted by molar-refractivity contribution is 6.17. The van der Waals surface area contributed by atoms with Crippen molar-refractivity contribution < 1.29 is 0 Å². The fraction of sp³-hybridized carbons (Fsp3) is 0.471. The summed E-state index contributed by atoms with van der Waals surface area (Å²) < 4.78 is 0. The van der Waals surface area contributed by atoms with Gasteiger partial charge < -0.3 is 4.90 Å². The Bertz CT molecular complexity index is 597. The standard InChI is InChI=1S/C17H21ClN2/c1-13-7-3-2-6-10-20(13)17-16-9-5-4-8-14(16)11-15(12-18)19-17/h4-5,8-9,11,13H,2-3,6-7,10,12H2,1H3. The molecule has 0 spiro atoms. The number of alkyl halides is 1. The second-order valence-corrected chi connectivity index (χ2v) is 5.95. The molecule has 1 aromatic heterocycles. The Morgan fingerprint density at radius 3 is 2.95 bits per heavy atom. The van der Waals surface area contributed by atoms with Crippen molar-refractivity contribution in [1.82, 2.24) is 4.98 Å². The first kappa shape index (κ1) is 13.7. The molecule has 1 saturated heterocycles. The number of aromatic nitrogens is 1. The smallest absolute Gasteiger partial charge is 0.137 e. The molecular weight excluding hydrogens is 268 g/mol. The SMILES string of the molecule is CC1CCCCCN1c1nc(CCl)cc2ccccc12. The quantitative estimate of drug-likeness (QED) is 0.742. The van der Waals surface area contributed by atoms with Crippen molar-refractivity contribution in [1.29, 1.82) is 0 Å². The van der Waals surface area contributed by atoms with Gasteiger partial charge in [-0.1, -0.05) is 37.1 Å². The maximum absolute atomic E-state index is 6.03. The molecule has 1 unspecified atom stereocenters. The third kappa shape index (κ3) is 2.62. The van der Waals surface area contributed by atoms with Crippen LogP contribution in [0.4, 0.5) is 5.82 Å². The van der Waals surface area contributed by atoms with E-state index in [1.54, 1.807) is 0 Å². The summed E-state index contributed by atoms with van der Waals surface area (Å²) >= 11 is 6.03. The van der Waals surface area contributed by atoms with Crippen molar-refractivity contribution >= 4 is 28.2 Å². The van der Waals surface area contributed by atoms with E-state index in [1.807, 2.05) is 0 Å². The number of anilines is 1. The van der Waals surface area contributed by atoms with Gasteiger partial charge >= 0.3 is 0 Å². The summed E-state index contributed by atoms with van der Waals surface area (Å²) in [7, 11) is 0. The topological polar surface area (TPSA) is 16.1 Å². The largest absolute Gasteiger partial charge is 0.353 e. The van der Waals surface area contributed by atoms with Crippen LogP contribution in [0, 0.1) is 0 Å². The van der Waals surface area contributed by atoms with Crippen LogP contribution in [0.15, 0.2) is 30.3 Å². The van der Waals surface area contributed by atoms with Crippen molar-refractivity contribution in [3.8, 4) is 0 Å². The minimum absolute atomic E-state index is 0.472. The molecule has 1 aromatic carbocycles. The molecule has 0 saturated carbocycles. The van der Waals surface area contributed by atoms with Gasteiger partial charge in [-0.15, -0.1) is 11.6 Å². The molecule has 3 rings (SSSR count). The average Bonchev–Trinajstić information content (AvgIpc) is 2.70. The molecule has 0 bridgehead atoms. The van der Waals surface area contributed by atoms with E-state index in [-0.39, 0.29) is 0 Å². The lowest BCUT2D eigenvalue weighted by Gasteiger charge is -2.29. The zero-order chi connectivity index (χ0) is 13.9. The van der Waals surface area contributed by atoms with Gasteiger partial charge in [0.15, 0.2) is 0 Å². The molecule has 1 atom stereocenters. The number of halogens is 1. The van der Waals surface area contributed by atoms with Gasteiger partial charge in [-0.05, 0) is 31.2 Å². The minimum atomic E-state index is 0.472. The van der Waals surface area contributed by atoms with E-state index >= 15 is 0 Å². The Kier molecular flexibility index (Phi) is 4.11. The van der Waals surface area contributed by atoms with Gasteiger partial charge in [-0.25, -0.2) is 4.98 Å². The van der Waals surface area contributed by atoms with Gasteiger partial charge in [0.25, 0.3) is 0 Å². The summed E-state index contributed by atoms with van der Waals surface area (Å²) in [6.07, 6.45) is 5.16. The summed E-state index contributed by atoms with van der Waals surface area (Å²) in [5.41, 5.74) is 0.969. The lowest BCUT2D eigenvalue weighted by atomic mass is 10.1. The summed E-state index contributed by atoms with van der Waals surface area (Å²) in [5.74, 6) is 1.59. The van der Waals surface area contributed by atoms with Gasteiger partial charge in [0, 0.05) is 18.0 Å². The molecule has 1 fully saturated rings. The molecule has 0 amide bonds. The lowest BCUT2D eigenvalue weighted by molar-refractivity contribution is 0.612. The van der Waals surface area contributed by atoms with Crippen LogP contribution in [0.25, 0.3) is 10.8 Å². The zero-order valence-electron chi connectivity index (χ0n) is 12.0. The molecule has 106 valence electrons. The first-order valence-electron chi connectivity index (χ1n) is 7.51. The fourth-order valence-corrected chi connectivity index (χ4v) is 3.25.